The van der Waals surface area contributed by atoms with Crippen LogP contribution in [0.15, 0.2) is 200 Å². The number of aryl methyl sites for hydroxylation is 1. The van der Waals surface area contributed by atoms with Crippen LogP contribution >= 0.6 is 0 Å². The quantitative estimate of drug-likeness (QED) is 0.154. The fraction of sp³-hybridized carbons (Fsp3) is 0.326. The number of benzene rings is 10. The molecular formula is C89H96BN3. The molecule has 10 aromatic rings. The minimum atomic E-state index is -0.307. The molecule has 0 radical (unpaired) electrons. The first-order valence-corrected chi connectivity index (χ1v) is 34.3. The van der Waals surface area contributed by atoms with E-state index in [-0.39, 0.29) is 50.0 Å². The molecule has 0 unspecified atom stereocenters. The normalized spacial score (nSPS) is 16.3. The van der Waals surface area contributed by atoms with Crippen molar-refractivity contribution in [1.82, 2.24) is 0 Å². The largest absolute Gasteiger partial charge is 0.311 e. The molecule has 2 aliphatic carbocycles. The minimum absolute atomic E-state index is 0.0278. The van der Waals surface area contributed by atoms with Crippen molar-refractivity contribution in [2.75, 3.05) is 14.7 Å². The van der Waals surface area contributed by atoms with E-state index >= 15 is 0 Å². The van der Waals surface area contributed by atoms with Crippen molar-refractivity contribution in [3.05, 3.63) is 273 Å². The SMILES string of the molecule is Cc1cc2c(cc1N1c3cc4c(cc3B3c5cc(C(C)(C)C)ccc5N(c5ccc(C(C)(C)C)cc5-c5ccccc5)c5cc(N(c6ccc(C(C)(C)C)cc6)c6ccc(C(C)(C)C)cc6)cc1c53)C(C)(C)c1ccccc1C4(C)C)C(C)(C)c1ccccc1C2(C)C. The lowest BCUT2D eigenvalue weighted by molar-refractivity contribution is 0.520. The van der Waals surface area contributed by atoms with Gasteiger partial charge >= 0.3 is 0 Å². The molecule has 0 atom stereocenters. The molecule has 14 rings (SSSR count). The summed E-state index contributed by atoms with van der Waals surface area (Å²) >= 11 is 0. The second-order valence-electron chi connectivity index (χ2n) is 34.0. The third-order valence-electron chi connectivity index (χ3n) is 22.3. The number of hydrogen-bond acceptors (Lipinski definition) is 3. The van der Waals surface area contributed by atoms with Gasteiger partial charge in [0.2, 0.25) is 0 Å². The molecule has 10 aromatic carbocycles. The Bertz CT molecular complexity index is 4600. The molecule has 0 fully saturated rings. The maximum absolute atomic E-state index is 2.76. The first kappa shape index (κ1) is 62.1. The van der Waals surface area contributed by atoms with Gasteiger partial charge in [0.15, 0.2) is 0 Å². The summed E-state index contributed by atoms with van der Waals surface area (Å²) in [7, 11) is 0. The van der Waals surface area contributed by atoms with Crippen molar-refractivity contribution in [2.45, 2.75) is 189 Å². The lowest BCUT2D eigenvalue weighted by atomic mass is 9.33. The van der Waals surface area contributed by atoms with Crippen LogP contribution in [0.1, 0.15) is 211 Å². The smallest absolute Gasteiger partial charge is 0.252 e. The maximum Gasteiger partial charge on any atom is 0.252 e. The number of nitrogens with zero attached hydrogens (tertiary/aromatic N) is 3. The third-order valence-corrected chi connectivity index (χ3v) is 22.3. The molecule has 0 saturated carbocycles. The van der Waals surface area contributed by atoms with Crippen LogP contribution < -0.4 is 31.1 Å². The molecule has 0 bridgehead atoms. The van der Waals surface area contributed by atoms with E-state index in [1.54, 1.807) is 0 Å². The number of hydrogen-bond donors (Lipinski definition) is 0. The summed E-state index contributed by atoms with van der Waals surface area (Å²) < 4.78 is 0. The molecule has 0 aromatic heterocycles. The average molecular weight is 1220 g/mol. The van der Waals surface area contributed by atoms with Crippen LogP contribution in [-0.4, -0.2) is 6.71 Å². The van der Waals surface area contributed by atoms with Crippen molar-refractivity contribution in [2.24, 2.45) is 0 Å². The Morgan fingerprint density at radius 3 is 1.12 bits per heavy atom. The predicted octanol–water partition coefficient (Wildman–Crippen LogP) is 22.3. The van der Waals surface area contributed by atoms with Gasteiger partial charge < -0.3 is 14.7 Å². The van der Waals surface area contributed by atoms with Gasteiger partial charge in [0.05, 0.1) is 11.4 Å². The van der Waals surface area contributed by atoms with Crippen LogP contribution in [0.3, 0.4) is 0 Å². The summed E-state index contributed by atoms with van der Waals surface area (Å²) in [6.07, 6.45) is 0. The van der Waals surface area contributed by atoms with E-state index in [1.807, 2.05) is 0 Å². The Kier molecular flexibility index (Phi) is 13.9. The van der Waals surface area contributed by atoms with Gasteiger partial charge in [-0.05, 0) is 190 Å². The topological polar surface area (TPSA) is 9.72 Å². The minimum Gasteiger partial charge on any atom is -0.311 e. The summed E-state index contributed by atoms with van der Waals surface area (Å²) in [5.74, 6) is 0. The van der Waals surface area contributed by atoms with E-state index in [9.17, 15) is 0 Å². The molecule has 4 heteroatoms. The number of anilines is 9. The van der Waals surface area contributed by atoms with Crippen molar-refractivity contribution in [3.63, 3.8) is 0 Å². The van der Waals surface area contributed by atoms with E-state index in [4.69, 9.17) is 0 Å². The van der Waals surface area contributed by atoms with Crippen molar-refractivity contribution in [3.8, 4) is 11.1 Å². The molecule has 3 nitrogen and oxygen atoms in total. The molecule has 0 saturated heterocycles. The van der Waals surface area contributed by atoms with E-state index in [2.05, 4.69) is 360 Å². The van der Waals surface area contributed by atoms with Crippen LogP contribution in [0.2, 0.25) is 0 Å². The molecule has 0 spiro atoms. The molecule has 2 heterocycles. The molecule has 4 aliphatic rings. The summed E-state index contributed by atoms with van der Waals surface area (Å²) in [5.41, 5.74) is 33.1. The van der Waals surface area contributed by atoms with Gasteiger partial charge in [0, 0.05) is 67.0 Å². The molecular weight excluding hydrogens is 1120 g/mol. The van der Waals surface area contributed by atoms with Crippen LogP contribution in [0.25, 0.3) is 11.1 Å². The maximum atomic E-state index is 2.76. The number of fused-ring (bicyclic) bond motifs is 8. The van der Waals surface area contributed by atoms with Crippen molar-refractivity contribution >= 4 is 74.3 Å². The van der Waals surface area contributed by atoms with Gasteiger partial charge in [-0.25, -0.2) is 0 Å². The van der Waals surface area contributed by atoms with Gasteiger partial charge in [-0.1, -0.05) is 272 Å². The summed E-state index contributed by atoms with van der Waals surface area (Å²) in [6, 6.07) is 79.2. The van der Waals surface area contributed by atoms with Crippen LogP contribution in [0.4, 0.5) is 51.2 Å². The summed E-state index contributed by atoms with van der Waals surface area (Å²) in [4.78, 5) is 8.00. The Morgan fingerprint density at radius 2 is 0.667 bits per heavy atom. The standard InChI is InChI=1S/C89H96BN3/c1-55-47-69-71(88(18,19)67-33-27-25-31-65(67)86(69,14)15)53-77(55)93-78-54-72-70(87(16,17)66-32-26-28-34-68(66)89(72,20)21)52-74(78)90-73-49-60(85(11,12)13)40-46-76(73)92(75-45-39-59(84(8,9)10)48-64(75)56-29-23-22-24-30-56)79-50-63(51-80(93)81(79)90)91(61-41-35-57(36-42-61)82(2,3)4)62-43-37-58(38-44-62)83(5,6)7/h22-54H,1-21H3. The Balaban J connectivity index is 1.18. The molecule has 0 N–H and O–H groups in total. The highest BCUT2D eigenvalue weighted by Crippen LogP contribution is 2.57. The van der Waals surface area contributed by atoms with E-state index in [0.717, 1.165) is 22.7 Å². The van der Waals surface area contributed by atoms with E-state index < -0.39 is 0 Å². The molecule has 470 valence electrons. The Morgan fingerprint density at radius 1 is 0.301 bits per heavy atom. The zero-order chi connectivity index (χ0) is 66.2. The van der Waals surface area contributed by atoms with Gasteiger partial charge in [-0.2, -0.15) is 0 Å². The zero-order valence-electron chi connectivity index (χ0n) is 59.5. The van der Waals surface area contributed by atoms with Crippen LogP contribution in [0, 0.1) is 6.92 Å². The third kappa shape index (κ3) is 9.71. The second kappa shape index (κ2) is 20.8. The first-order chi connectivity index (χ1) is 43.6. The van der Waals surface area contributed by atoms with Crippen molar-refractivity contribution < 1.29 is 0 Å². The highest BCUT2D eigenvalue weighted by Gasteiger charge is 2.50. The Hall–Kier alpha value is -8.34. The Labute approximate surface area is 558 Å². The highest BCUT2D eigenvalue weighted by molar-refractivity contribution is 7.00. The predicted molar refractivity (Wildman–Crippen MR) is 402 cm³/mol. The molecule has 0 amide bonds. The van der Waals surface area contributed by atoms with Gasteiger partial charge in [-0.15, -0.1) is 0 Å². The number of rotatable bonds is 6. The fourth-order valence-corrected chi connectivity index (χ4v) is 16.6. The van der Waals surface area contributed by atoms with E-state index in [1.165, 1.54) is 128 Å². The molecule has 93 heavy (non-hydrogen) atoms. The zero-order valence-corrected chi connectivity index (χ0v) is 59.5. The van der Waals surface area contributed by atoms with Crippen LogP contribution in [0.5, 0.6) is 0 Å². The van der Waals surface area contributed by atoms with Gasteiger partial charge in [0.1, 0.15) is 0 Å². The highest BCUT2D eigenvalue weighted by atomic mass is 15.2. The lowest BCUT2D eigenvalue weighted by Crippen LogP contribution is -2.62. The van der Waals surface area contributed by atoms with E-state index in [0.29, 0.717) is 0 Å². The fourth-order valence-electron chi connectivity index (χ4n) is 16.6. The average Bonchev–Trinajstić information content (AvgIpc) is 0.686. The lowest BCUT2D eigenvalue weighted by Gasteiger charge is -2.49. The van der Waals surface area contributed by atoms with Crippen molar-refractivity contribution in [1.29, 1.82) is 0 Å². The summed E-state index contributed by atoms with van der Waals surface area (Å²) in [6.45, 7) is 50.0. The van der Waals surface area contributed by atoms with Gasteiger partial charge in [-0.3, -0.25) is 0 Å². The first-order valence-electron chi connectivity index (χ1n) is 34.3. The van der Waals surface area contributed by atoms with Crippen LogP contribution in [-0.2, 0) is 43.3 Å². The second-order valence-corrected chi connectivity index (χ2v) is 34.0. The van der Waals surface area contributed by atoms with Gasteiger partial charge in [0.25, 0.3) is 6.71 Å². The monoisotopic (exact) mass is 1220 g/mol. The molecule has 2 aliphatic heterocycles. The summed E-state index contributed by atoms with van der Waals surface area (Å²) in [5, 5.41) is 0.